The zero-order valence-corrected chi connectivity index (χ0v) is 35.5. The van der Waals surface area contributed by atoms with Crippen LogP contribution < -0.4 is 25.2 Å². The molecule has 1 atom stereocenters. The van der Waals surface area contributed by atoms with Gasteiger partial charge in [-0.1, -0.05) is 33.8 Å². The molecule has 0 unspecified atom stereocenters. The summed E-state index contributed by atoms with van der Waals surface area (Å²) < 4.78 is 6.65. The standard InChI is InChI=1S/C47H51N9O6/c1-46(2)44(47(3,4)45(46)62-36-13-11-34(48-5)39-32(36)7-6-18-49-39)52-40(58)29-8-14-37(50-26-29)55-19-16-28(17-20-55)27-53-21-23-54(24-22-53)30-9-10-31-33(25-30)43(61)56(42(31)60)35-12-15-38(57)51-41(35)59/h6-11,13-14,18,25-26,28,35,44-45H,12,15-17,19-24,27H2,1-4H3,(H,52,58)(H,51,57,59)/t35-,44?,45?/m0/s1. The van der Waals surface area contributed by atoms with E-state index in [0.29, 0.717) is 39.6 Å². The van der Waals surface area contributed by atoms with Crippen LogP contribution in [0.2, 0.25) is 0 Å². The monoisotopic (exact) mass is 837 g/mol. The highest BCUT2D eigenvalue weighted by atomic mass is 16.5. The average molecular weight is 838 g/mol. The molecular formula is C47H51N9O6. The van der Waals surface area contributed by atoms with Crippen molar-refractivity contribution in [3.05, 3.63) is 95.1 Å². The lowest BCUT2D eigenvalue weighted by Gasteiger charge is -2.63. The normalized spacial score (nSPS) is 23.7. The van der Waals surface area contributed by atoms with Crippen LogP contribution in [0, 0.1) is 23.3 Å². The second-order valence-corrected chi connectivity index (χ2v) is 18.4. The fraction of sp³-hybridized carbons (Fsp3) is 0.447. The van der Waals surface area contributed by atoms with E-state index in [2.05, 4.69) is 62.9 Å². The molecule has 1 aliphatic carbocycles. The highest BCUT2D eigenvalue weighted by Crippen LogP contribution is 2.56. The molecule has 1 saturated carbocycles. The smallest absolute Gasteiger partial charge is 0.262 e. The van der Waals surface area contributed by atoms with Gasteiger partial charge in [0.2, 0.25) is 17.5 Å². The van der Waals surface area contributed by atoms with Gasteiger partial charge in [0.25, 0.3) is 17.7 Å². The summed E-state index contributed by atoms with van der Waals surface area (Å²) in [4.78, 5) is 85.0. The predicted octanol–water partition coefficient (Wildman–Crippen LogP) is 5.23. The zero-order chi connectivity index (χ0) is 43.5. The number of imide groups is 2. The molecule has 15 nitrogen and oxygen atoms in total. The lowest BCUT2D eigenvalue weighted by atomic mass is 9.49. The number of carbonyl (C=O) groups is 5. The summed E-state index contributed by atoms with van der Waals surface area (Å²) >= 11 is 0. The quantitative estimate of drug-likeness (QED) is 0.168. The van der Waals surface area contributed by atoms with Crippen LogP contribution in [-0.2, 0) is 9.59 Å². The molecule has 4 fully saturated rings. The van der Waals surface area contributed by atoms with Gasteiger partial charge in [0.15, 0.2) is 0 Å². The molecule has 62 heavy (non-hydrogen) atoms. The molecule has 3 saturated heterocycles. The van der Waals surface area contributed by atoms with E-state index in [0.717, 1.165) is 80.4 Å². The maximum absolute atomic E-state index is 13.6. The molecule has 4 aliphatic heterocycles. The number of piperidine rings is 2. The summed E-state index contributed by atoms with van der Waals surface area (Å²) in [6.45, 7) is 22.1. The average Bonchev–Trinajstić information content (AvgIpc) is 3.52. The van der Waals surface area contributed by atoms with Crippen molar-refractivity contribution in [2.75, 3.05) is 55.6 Å². The Morgan fingerprint density at radius 3 is 2.31 bits per heavy atom. The van der Waals surface area contributed by atoms with Gasteiger partial charge in [-0.05, 0) is 73.7 Å². The number of amides is 5. The largest absolute Gasteiger partial charge is 0.489 e. The summed E-state index contributed by atoms with van der Waals surface area (Å²) in [5.74, 6) is -0.0556. The summed E-state index contributed by atoms with van der Waals surface area (Å²) in [6, 6.07) is 15.3. The first-order valence-electron chi connectivity index (χ1n) is 21.5. The van der Waals surface area contributed by atoms with Crippen LogP contribution in [0.4, 0.5) is 17.2 Å². The SMILES string of the molecule is [C-]#[N+]c1ccc(OC2C(C)(C)C(NC(=O)c3ccc(N4CCC(CN5CCN(c6ccc7c(c6)C(=O)N([C@H]6CCC(=O)NC6=O)C7=O)CC5)CC4)nc3)C2(C)C)c2cccnc12. The number of benzene rings is 2. The highest BCUT2D eigenvalue weighted by Gasteiger charge is 2.64. The molecule has 0 spiro atoms. The van der Waals surface area contributed by atoms with Gasteiger partial charge in [0.1, 0.15) is 23.7 Å². The maximum Gasteiger partial charge on any atom is 0.262 e. The summed E-state index contributed by atoms with van der Waals surface area (Å²) in [5.41, 5.74) is 2.32. The first-order chi connectivity index (χ1) is 29.7. The molecule has 9 rings (SSSR count). The van der Waals surface area contributed by atoms with Crippen LogP contribution in [0.5, 0.6) is 5.75 Å². The van der Waals surface area contributed by atoms with Crippen molar-refractivity contribution in [1.82, 2.24) is 30.4 Å². The van der Waals surface area contributed by atoms with Crippen molar-refractivity contribution in [1.29, 1.82) is 0 Å². The second-order valence-electron chi connectivity index (χ2n) is 18.4. The number of hydrogen-bond acceptors (Lipinski definition) is 11. The first-order valence-corrected chi connectivity index (χ1v) is 21.5. The number of ether oxygens (including phenoxy) is 1. The Labute approximate surface area is 360 Å². The van der Waals surface area contributed by atoms with Crippen molar-refractivity contribution in [3.63, 3.8) is 0 Å². The molecule has 2 aromatic carbocycles. The van der Waals surface area contributed by atoms with E-state index in [9.17, 15) is 24.0 Å². The molecule has 6 heterocycles. The van der Waals surface area contributed by atoms with E-state index in [1.54, 1.807) is 30.6 Å². The van der Waals surface area contributed by atoms with Crippen LogP contribution in [0.25, 0.3) is 15.7 Å². The Morgan fingerprint density at radius 2 is 1.61 bits per heavy atom. The number of pyridine rings is 2. The zero-order valence-electron chi connectivity index (χ0n) is 35.5. The van der Waals surface area contributed by atoms with E-state index in [4.69, 9.17) is 16.3 Å². The third-order valence-corrected chi connectivity index (χ3v) is 13.8. The Bertz CT molecular complexity index is 2500. The number of piperazine rings is 1. The van der Waals surface area contributed by atoms with Crippen LogP contribution in [0.1, 0.15) is 84.5 Å². The molecule has 320 valence electrons. The Balaban J connectivity index is 0.740. The molecule has 4 aromatic rings. The molecule has 2 N–H and O–H groups in total. The number of anilines is 2. The minimum absolute atomic E-state index is 0.0878. The van der Waals surface area contributed by atoms with E-state index >= 15 is 0 Å². The van der Waals surface area contributed by atoms with Crippen LogP contribution >= 0.6 is 0 Å². The van der Waals surface area contributed by atoms with Crippen LogP contribution in [-0.4, -0.2) is 113 Å². The molecular weight excluding hydrogens is 787 g/mol. The summed E-state index contributed by atoms with van der Waals surface area (Å²) in [7, 11) is 0. The van der Waals surface area contributed by atoms with Crippen molar-refractivity contribution in [3.8, 4) is 5.75 Å². The van der Waals surface area contributed by atoms with Gasteiger partial charge in [0.05, 0.1) is 28.8 Å². The van der Waals surface area contributed by atoms with Gasteiger partial charge >= 0.3 is 0 Å². The van der Waals surface area contributed by atoms with Crippen LogP contribution in [0.15, 0.2) is 67.0 Å². The summed E-state index contributed by atoms with van der Waals surface area (Å²) in [6.07, 6.45) is 5.46. The molecule has 5 amide bonds. The van der Waals surface area contributed by atoms with Gasteiger partial charge in [0, 0.05) is 92.6 Å². The third kappa shape index (κ3) is 7.19. The van der Waals surface area contributed by atoms with Gasteiger partial charge < -0.3 is 19.9 Å². The van der Waals surface area contributed by atoms with E-state index in [-0.39, 0.29) is 41.7 Å². The van der Waals surface area contributed by atoms with Crippen molar-refractivity contribution in [2.24, 2.45) is 16.7 Å². The molecule has 0 radical (unpaired) electrons. The van der Waals surface area contributed by atoms with Crippen molar-refractivity contribution in [2.45, 2.75) is 71.6 Å². The number of rotatable bonds is 9. The molecule has 15 heteroatoms. The minimum Gasteiger partial charge on any atom is -0.489 e. The van der Waals surface area contributed by atoms with Crippen molar-refractivity contribution >= 4 is 57.6 Å². The summed E-state index contributed by atoms with van der Waals surface area (Å²) in [5, 5.41) is 6.33. The number of aromatic nitrogens is 2. The number of nitrogens with one attached hydrogen (secondary N) is 2. The Kier molecular flexibility index (Phi) is 10.5. The highest BCUT2D eigenvalue weighted by molar-refractivity contribution is 6.23. The fourth-order valence-corrected chi connectivity index (χ4v) is 10.7. The van der Waals surface area contributed by atoms with E-state index < -0.39 is 29.7 Å². The van der Waals surface area contributed by atoms with Crippen molar-refractivity contribution < 1.29 is 28.7 Å². The lowest BCUT2D eigenvalue weighted by Crippen LogP contribution is -2.74. The van der Waals surface area contributed by atoms with Gasteiger partial charge in [-0.2, -0.15) is 0 Å². The van der Waals surface area contributed by atoms with E-state index in [1.165, 1.54) is 0 Å². The van der Waals surface area contributed by atoms with Gasteiger partial charge in [-0.15, -0.1) is 0 Å². The number of carbonyl (C=O) groups excluding carboxylic acids is 5. The molecule has 0 bridgehead atoms. The van der Waals surface area contributed by atoms with Crippen LogP contribution in [0.3, 0.4) is 0 Å². The fourth-order valence-electron chi connectivity index (χ4n) is 10.7. The topological polar surface area (TPSA) is 162 Å². The number of nitrogens with zero attached hydrogens (tertiary/aromatic N) is 7. The number of fused-ring (bicyclic) bond motifs is 2. The third-order valence-electron chi connectivity index (χ3n) is 13.8. The van der Waals surface area contributed by atoms with E-state index in [1.807, 2.05) is 36.4 Å². The minimum atomic E-state index is -0.978. The van der Waals surface area contributed by atoms with Gasteiger partial charge in [-0.25, -0.2) is 9.83 Å². The second kappa shape index (κ2) is 15.8. The number of hydrogen-bond donors (Lipinski definition) is 2. The Morgan fingerprint density at radius 1 is 0.871 bits per heavy atom. The Hall–Kier alpha value is -6.40. The lowest BCUT2D eigenvalue weighted by molar-refractivity contribution is -0.163. The van der Waals surface area contributed by atoms with Gasteiger partial charge in [-0.3, -0.25) is 44.1 Å². The first kappa shape index (κ1) is 41.0. The predicted molar refractivity (Wildman–Crippen MR) is 232 cm³/mol. The molecule has 5 aliphatic rings. The maximum atomic E-state index is 13.6. The molecule has 2 aromatic heterocycles.